The number of nitrogens with two attached hydrogens (primary N) is 1. The van der Waals surface area contributed by atoms with Gasteiger partial charge in [0.2, 0.25) is 10.0 Å². The van der Waals surface area contributed by atoms with E-state index in [1.54, 1.807) is 6.92 Å². The highest BCUT2D eigenvalue weighted by Gasteiger charge is 2.22. The van der Waals surface area contributed by atoms with Gasteiger partial charge in [0.1, 0.15) is 16.5 Å². The zero-order valence-corrected chi connectivity index (χ0v) is 11.2. The summed E-state index contributed by atoms with van der Waals surface area (Å²) < 4.78 is 52.5. The fourth-order valence-corrected chi connectivity index (χ4v) is 2.91. The van der Waals surface area contributed by atoms with E-state index in [9.17, 15) is 17.2 Å². The molecule has 108 valence electrons. The fourth-order valence-electron chi connectivity index (χ4n) is 1.54. The molecule has 19 heavy (non-hydrogen) atoms. The van der Waals surface area contributed by atoms with Crippen LogP contribution in [0.4, 0.5) is 14.5 Å². The number of rotatable bonds is 6. The van der Waals surface area contributed by atoms with E-state index in [-0.39, 0.29) is 6.61 Å². The topological polar surface area (TPSA) is 92.4 Å². The Labute approximate surface area is 110 Å². The third-order valence-corrected chi connectivity index (χ3v) is 4.10. The number of hydrogen-bond acceptors (Lipinski definition) is 4. The van der Waals surface area contributed by atoms with Gasteiger partial charge in [0.15, 0.2) is 0 Å². The maximum atomic E-state index is 13.5. The first kappa shape index (κ1) is 15.8. The SMILES string of the molecule is CC(CCCO)NS(=O)(=O)c1cc(N)c(F)cc1F. The fraction of sp³-hybridized carbons (Fsp3) is 0.455. The molecule has 1 rings (SSSR count). The number of sulfonamides is 1. The Bertz CT molecular complexity index is 549. The van der Waals surface area contributed by atoms with Crippen molar-refractivity contribution in [2.45, 2.75) is 30.7 Å². The van der Waals surface area contributed by atoms with Crippen molar-refractivity contribution in [2.24, 2.45) is 0 Å². The molecule has 5 nitrogen and oxygen atoms in total. The van der Waals surface area contributed by atoms with Crippen LogP contribution in [0, 0.1) is 11.6 Å². The standard InChI is InChI=1S/C11H16F2N2O3S/c1-7(3-2-4-16)15-19(17,18)11-6-10(14)8(12)5-9(11)13/h5-7,15-16H,2-4,14H2,1H3. The number of aliphatic hydroxyl groups excluding tert-OH is 1. The molecular formula is C11H16F2N2O3S. The van der Waals surface area contributed by atoms with E-state index < -0.39 is 38.3 Å². The first-order valence-electron chi connectivity index (χ1n) is 5.65. The molecule has 1 aromatic rings. The molecule has 0 aliphatic heterocycles. The molecule has 0 aromatic heterocycles. The molecule has 1 unspecified atom stereocenters. The normalized spacial score (nSPS) is 13.5. The number of hydrogen-bond donors (Lipinski definition) is 3. The van der Waals surface area contributed by atoms with Crippen LogP contribution in [0.15, 0.2) is 17.0 Å². The van der Waals surface area contributed by atoms with Crippen molar-refractivity contribution in [1.29, 1.82) is 0 Å². The average Bonchev–Trinajstić information content (AvgIpc) is 2.30. The number of anilines is 1. The van der Waals surface area contributed by atoms with Crippen LogP contribution in [-0.2, 0) is 10.0 Å². The molecule has 0 fully saturated rings. The first-order chi connectivity index (χ1) is 8.77. The summed E-state index contributed by atoms with van der Waals surface area (Å²) in [7, 11) is -4.11. The lowest BCUT2D eigenvalue weighted by atomic mass is 10.2. The minimum absolute atomic E-state index is 0.0656. The van der Waals surface area contributed by atoms with Gasteiger partial charge in [0.25, 0.3) is 0 Å². The largest absolute Gasteiger partial charge is 0.396 e. The molecule has 8 heteroatoms. The minimum Gasteiger partial charge on any atom is -0.396 e. The van der Waals surface area contributed by atoms with Crippen LogP contribution in [0.5, 0.6) is 0 Å². The molecule has 0 amide bonds. The lowest BCUT2D eigenvalue weighted by molar-refractivity contribution is 0.279. The van der Waals surface area contributed by atoms with Gasteiger partial charge in [-0.05, 0) is 25.8 Å². The Balaban J connectivity index is 2.98. The van der Waals surface area contributed by atoms with E-state index in [0.29, 0.717) is 18.9 Å². The van der Waals surface area contributed by atoms with Gasteiger partial charge < -0.3 is 10.8 Å². The van der Waals surface area contributed by atoms with Gasteiger partial charge in [-0.1, -0.05) is 0 Å². The van der Waals surface area contributed by atoms with E-state index >= 15 is 0 Å². The Morgan fingerprint density at radius 1 is 1.37 bits per heavy atom. The maximum Gasteiger partial charge on any atom is 0.243 e. The Hall–Kier alpha value is -1.25. The second kappa shape index (κ2) is 6.27. The van der Waals surface area contributed by atoms with E-state index in [0.717, 1.165) is 6.07 Å². The van der Waals surface area contributed by atoms with E-state index in [1.165, 1.54) is 0 Å². The molecule has 0 spiro atoms. The second-order valence-corrected chi connectivity index (χ2v) is 5.87. The third kappa shape index (κ3) is 4.12. The summed E-state index contributed by atoms with van der Waals surface area (Å²) in [6.45, 7) is 1.52. The smallest absolute Gasteiger partial charge is 0.243 e. The van der Waals surface area contributed by atoms with Gasteiger partial charge in [-0.2, -0.15) is 0 Å². The van der Waals surface area contributed by atoms with Gasteiger partial charge in [0.05, 0.1) is 5.69 Å². The molecule has 1 atom stereocenters. The maximum absolute atomic E-state index is 13.5. The Kier molecular flexibility index (Phi) is 5.21. The quantitative estimate of drug-likeness (QED) is 0.682. The first-order valence-corrected chi connectivity index (χ1v) is 7.14. The van der Waals surface area contributed by atoms with Crippen LogP contribution in [0.25, 0.3) is 0 Å². The van der Waals surface area contributed by atoms with Crippen molar-refractivity contribution in [3.63, 3.8) is 0 Å². The van der Waals surface area contributed by atoms with Crippen molar-refractivity contribution in [2.75, 3.05) is 12.3 Å². The lowest BCUT2D eigenvalue weighted by Gasteiger charge is -2.14. The number of nitrogens with one attached hydrogen (secondary N) is 1. The zero-order valence-electron chi connectivity index (χ0n) is 10.4. The second-order valence-electron chi connectivity index (χ2n) is 4.19. The van der Waals surface area contributed by atoms with Crippen LogP contribution in [0.1, 0.15) is 19.8 Å². The molecule has 0 radical (unpaired) electrons. The summed E-state index contributed by atoms with van der Waals surface area (Å²) in [5.74, 6) is -2.21. The summed E-state index contributed by atoms with van der Waals surface area (Å²) >= 11 is 0. The van der Waals surface area contributed by atoms with Crippen molar-refractivity contribution < 1.29 is 22.3 Å². The summed E-state index contributed by atoms with van der Waals surface area (Å²) in [6.07, 6.45) is 0.811. The molecule has 0 saturated carbocycles. The van der Waals surface area contributed by atoms with Crippen molar-refractivity contribution in [1.82, 2.24) is 4.72 Å². The molecule has 0 heterocycles. The van der Waals surface area contributed by atoms with Crippen LogP contribution < -0.4 is 10.5 Å². The predicted octanol–water partition coefficient (Wildman–Crippen LogP) is 0.986. The van der Waals surface area contributed by atoms with E-state index in [1.807, 2.05) is 0 Å². The molecule has 4 N–H and O–H groups in total. The highest BCUT2D eigenvalue weighted by Crippen LogP contribution is 2.21. The van der Waals surface area contributed by atoms with Gasteiger partial charge in [-0.15, -0.1) is 0 Å². The van der Waals surface area contributed by atoms with Gasteiger partial charge in [-0.25, -0.2) is 21.9 Å². The highest BCUT2D eigenvalue weighted by molar-refractivity contribution is 7.89. The molecule has 0 saturated heterocycles. The van der Waals surface area contributed by atoms with Crippen LogP contribution in [0.2, 0.25) is 0 Å². The van der Waals surface area contributed by atoms with E-state index in [2.05, 4.69) is 4.72 Å². The van der Waals surface area contributed by atoms with Gasteiger partial charge in [0, 0.05) is 18.7 Å². The molecular weight excluding hydrogens is 278 g/mol. The van der Waals surface area contributed by atoms with Crippen molar-refractivity contribution in [3.05, 3.63) is 23.8 Å². The van der Waals surface area contributed by atoms with Gasteiger partial charge in [-0.3, -0.25) is 0 Å². The number of aliphatic hydroxyl groups is 1. The molecule has 0 aliphatic rings. The predicted molar refractivity (Wildman–Crippen MR) is 66.9 cm³/mol. The minimum atomic E-state index is -4.11. The van der Waals surface area contributed by atoms with Crippen LogP contribution >= 0.6 is 0 Å². The summed E-state index contributed by atoms with van der Waals surface area (Å²) in [6, 6.07) is 0.691. The highest BCUT2D eigenvalue weighted by atomic mass is 32.2. The Morgan fingerprint density at radius 3 is 2.58 bits per heavy atom. The molecule has 1 aromatic carbocycles. The number of halogens is 2. The van der Waals surface area contributed by atoms with Crippen LogP contribution in [0.3, 0.4) is 0 Å². The monoisotopic (exact) mass is 294 g/mol. The average molecular weight is 294 g/mol. The van der Waals surface area contributed by atoms with Gasteiger partial charge >= 0.3 is 0 Å². The van der Waals surface area contributed by atoms with Crippen molar-refractivity contribution in [3.8, 4) is 0 Å². The summed E-state index contributed by atoms with van der Waals surface area (Å²) in [5, 5.41) is 8.65. The van der Waals surface area contributed by atoms with E-state index in [4.69, 9.17) is 10.8 Å². The molecule has 0 aliphatic carbocycles. The van der Waals surface area contributed by atoms with Crippen LogP contribution in [-0.4, -0.2) is 26.2 Å². The molecule has 0 bridgehead atoms. The lowest BCUT2D eigenvalue weighted by Crippen LogP contribution is -2.33. The summed E-state index contributed by atoms with van der Waals surface area (Å²) in [5.41, 5.74) is 4.79. The van der Waals surface area contributed by atoms with Crippen molar-refractivity contribution >= 4 is 15.7 Å². The number of nitrogen functional groups attached to an aromatic ring is 1. The third-order valence-electron chi connectivity index (χ3n) is 2.49. The number of benzene rings is 1. The summed E-state index contributed by atoms with van der Waals surface area (Å²) in [4.78, 5) is -0.692. The zero-order chi connectivity index (χ0) is 14.6. The Morgan fingerprint density at radius 2 is 2.00 bits per heavy atom.